The van der Waals surface area contributed by atoms with Crippen LogP contribution < -0.4 is 11.1 Å². The Morgan fingerprint density at radius 3 is 2.76 bits per heavy atom. The number of hydrogen-bond donors (Lipinski definition) is 2. The number of amides is 1. The summed E-state index contributed by atoms with van der Waals surface area (Å²) in [6.45, 7) is 0.546. The van der Waals surface area contributed by atoms with Crippen molar-refractivity contribution in [2.45, 2.75) is 25.3 Å². The van der Waals surface area contributed by atoms with Crippen molar-refractivity contribution in [2.75, 3.05) is 6.54 Å². The fourth-order valence-electron chi connectivity index (χ4n) is 1.73. The molecule has 1 heterocycles. The summed E-state index contributed by atoms with van der Waals surface area (Å²) < 4.78 is 1.06. The van der Waals surface area contributed by atoms with Gasteiger partial charge in [0.25, 0.3) is 0 Å². The highest BCUT2D eigenvalue weighted by atomic mass is 79.9. The summed E-state index contributed by atoms with van der Waals surface area (Å²) in [7, 11) is 0. The molecule has 1 aliphatic carbocycles. The molecule has 2 rings (SSSR count). The highest BCUT2D eigenvalue weighted by Crippen LogP contribution is 2.32. The van der Waals surface area contributed by atoms with Crippen LogP contribution in [0.4, 0.5) is 0 Å². The van der Waals surface area contributed by atoms with Crippen molar-refractivity contribution in [3.05, 3.63) is 20.8 Å². The second kappa shape index (κ2) is 6.73. The van der Waals surface area contributed by atoms with Gasteiger partial charge in [-0.05, 0) is 46.8 Å². The van der Waals surface area contributed by atoms with Crippen LogP contribution >= 0.6 is 39.7 Å². The van der Waals surface area contributed by atoms with Crippen molar-refractivity contribution in [2.24, 2.45) is 11.7 Å². The number of rotatable bonds is 5. The van der Waals surface area contributed by atoms with Gasteiger partial charge in [0, 0.05) is 17.5 Å². The smallest absolute Gasteiger partial charge is 0.225 e. The van der Waals surface area contributed by atoms with Crippen LogP contribution in [-0.2, 0) is 11.2 Å². The summed E-state index contributed by atoms with van der Waals surface area (Å²) in [6, 6.07) is 4.12. The Kier molecular flexibility index (Phi) is 5.92. The highest BCUT2D eigenvalue weighted by molar-refractivity contribution is 9.11. The van der Waals surface area contributed by atoms with E-state index in [0.717, 1.165) is 8.66 Å². The lowest BCUT2D eigenvalue weighted by atomic mass is 10.2. The van der Waals surface area contributed by atoms with Gasteiger partial charge in [-0.3, -0.25) is 4.79 Å². The van der Waals surface area contributed by atoms with E-state index in [1.807, 2.05) is 12.1 Å². The van der Waals surface area contributed by atoms with Crippen LogP contribution in [0.5, 0.6) is 0 Å². The third-order valence-electron chi connectivity index (χ3n) is 2.76. The molecular weight excluding hydrogens is 324 g/mol. The number of nitrogens with one attached hydrogen (secondary N) is 1. The van der Waals surface area contributed by atoms with Gasteiger partial charge in [0.2, 0.25) is 5.91 Å². The molecule has 0 aromatic carbocycles. The maximum atomic E-state index is 11.7. The minimum atomic E-state index is 0. The molecule has 3 nitrogen and oxygen atoms in total. The fraction of sp³-hybridized carbons (Fsp3) is 0.545. The summed E-state index contributed by atoms with van der Waals surface area (Å²) >= 11 is 4.99. The first-order valence-electron chi connectivity index (χ1n) is 5.42. The molecule has 6 heteroatoms. The molecule has 0 saturated heterocycles. The Bertz CT molecular complexity index is 381. The minimum Gasteiger partial charge on any atom is -0.352 e. The van der Waals surface area contributed by atoms with Crippen molar-refractivity contribution < 1.29 is 4.79 Å². The summed E-state index contributed by atoms with van der Waals surface area (Å²) in [6.07, 6.45) is 2.86. The van der Waals surface area contributed by atoms with Gasteiger partial charge in [0.1, 0.15) is 0 Å². The maximum Gasteiger partial charge on any atom is 0.225 e. The number of thiophene rings is 1. The normalized spacial score (nSPS) is 16.1. The first-order chi connectivity index (χ1) is 7.69. The predicted molar refractivity (Wildman–Crippen MR) is 76.7 cm³/mol. The van der Waals surface area contributed by atoms with Crippen LogP contribution in [0.25, 0.3) is 0 Å². The van der Waals surface area contributed by atoms with Crippen molar-refractivity contribution in [1.82, 2.24) is 5.32 Å². The topological polar surface area (TPSA) is 55.1 Å². The molecule has 1 aromatic rings. The van der Waals surface area contributed by atoms with E-state index in [0.29, 0.717) is 18.9 Å². The SMILES string of the molecule is Cl.NCC(NC(=O)Cc1ccc(Br)s1)C1CC1. The average molecular weight is 340 g/mol. The fourth-order valence-corrected chi connectivity index (χ4v) is 3.21. The lowest BCUT2D eigenvalue weighted by Crippen LogP contribution is -2.42. The van der Waals surface area contributed by atoms with E-state index in [-0.39, 0.29) is 24.4 Å². The van der Waals surface area contributed by atoms with Crippen LogP contribution in [0.15, 0.2) is 15.9 Å². The molecule has 3 N–H and O–H groups in total. The second-order valence-electron chi connectivity index (χ2n) is 4.13. The number of carbonyl (C=O) groups is 1. The zero-order valence-corrected chi connectivity index (χ0v) is 12.5. The third-order valence-corrected chi connectivity index (χ3v) is 4.38. The second-order valence-corrected chi connectivity index (χ2v) is 6.68. The monoisotopic (exact) mass is 338 g/mol. The zero-order valence-electron chi connectivity index (χ0n) is 9.32. The number of carbonyl (C=O) groups excluding carboxylic acids is 1. The molecule has 1 aliphatic rings. The third kappa shape index (κ3) is 4.58. The molecule has 1 aromatic heterocycles. The van der Waals surface area contributed by atoms with Gasteiger partial charge in [-0.25, -0.2) is 0 Å². The predicted octanol–water partition coefficient (Wildman–Crippen LogP) is 2.33. The molecule has 1 atom stereocenters. The van der Waals surface area contributed by atoms with Crippen molar-refractivity contribution in [3.8, 4) is 0 Å². The molecule has 0 spiro atoms. The van der Waals surface area contributed by atoms with E-state index in [9.17, 15) is 4.79 Å². The summed E-state index contributed by atoms with van der Waals surface area (Å²) in [5, 5.41) is 3.01. The van der Waals surface area contributed by atoms with Gasteiger partial charge in [0.05, 0.1) is 10.2 Å². The molecule has 0 radical (unpaired) electrons. The first kappa shape index (κ1) is 15.0. The Morgan fingerprint density at radius 1 is 1.59 bits per heavy atom. The summed E-state index contributed by atoms with van der Waals surface area (Å²) in [4.78, 5) is 12.8. The van der Waals surface area contributed by atoms with Crippen LogP contribution in [0.1, 0.15) is 17.7 Å². The lowest BCUT2D eigenvalue weighted by Gasteiger charge is -2.15. The summed E-state index contributed by atoms with van der Waals surface area (Å²) in [5.74, 6) is 0.695. The maximum absolute atomic E-state index is 11.7. The number of hydrogen-bond acceptors (Lipinski definition) is 3. The largest absolute Gasteiger partial charge is 0.352 e. The standard InChI is InChI=1S/C11H15BrN2OS.ClH/c12-10-4-3-8(16-10)5-11(15)14-9(6-13)7-1-2-7;/h3-4,7,9H,1-2,5-6,13H2,(H,14,15);1H. The lowest BCUT2D eigenvalue weighted by molar-refractivity contribution is -0.121. The molecule has 1 unspecified atom stereocenters. The van der Waals surface area contributed by atoms with Crippen LogP contribution in [0.3, 0.4) is 0 Å². The Balaban J connectivity index is 0.00000144. The van der Waals surface area contributed by atoms with Gasteiger partial charge in [-0.15, -0.1) is 23.7 Å². The quantitative estimate of drug-likeness (QED) is 0.865. The van der Waals surface area contributed by atoms with Crippen LogP contribution in [0.2, 0.25) is 0 Å². The first-order valence-corrected chi connectivity index (χ1v) is 7.03. The summed E-state index contributed by atoms with van der Waals surface area (Å²) in [5.41, 5.74) is 5.64. The van der Waals surface area contributed by atoms with Crippen LogP contribution in [0, 0.1) is 5.92 Å². The van der Waals surface area contributed by atoms with E-state index >= 15 is 0 Å². The number of nitrogens with two attached hydrogens (primary N) is 1. The Hall–Kier alpha value is -0.100. The molecule has 0 bridgehead atoms. The minimum absolute atomic E-state index is 0. The molecule has 17 heavy (non-hydrogen) atoms. The van der Waals surface area contributed by atoms with Crippen molar-refractivity contribution >= 4 is 45.6 Å². The van der Waals surface area contributed by atoms with Gasteiger partial charge < -0.3 is 11.1 Å². The van der Waals surface area contributed by atoms with E-state index in [1.165, 1.54) is 12.8 Å². The van der Waals surface area contributed by atoms with Gasteiger partial charge in [0.15, 0.2) is 0 Å². The molecule has 1 amide bonds. The number of halogens is 2. The average Bonchev–Trinajstić information content (AvgIpc) is 3.00. The molecule has 96 valence electrons. The van der Waals surface area contributed by atoms with E-state index in [4.69, 9.17) is 5.73 Å². The van der Waals surface area contributed by atoms with Crippen LogP contribution in [-0.4, -0.2) is 18.5 Å². The molecule has 1 fully saturated rings. The molecule has 0 aliphatic heterocycles. The van der Waals surface area contributed by atoms with E-state index < -0.39 is 0 Å². The Labute approximate surface area is 120 Å². The highest BCUT2D eigenvalue weighted by Gasteiger charge is 2.31. The zero-order chi connectivity index (χ0) is 11.5. The molecule has 1 saturated carbocycles. The van der Waals surface area contributed by atoms with Gasteiger partial charge in [-0.1, -0.05) is 0 Å². The van der Waals surface area contributed by atoms with E-state index in [1.54, 1.807) is 11.3 Å². The van der Waals surface area contributed by atoms with Crippen molar-refractivity contribution in [1.29, 1.82) is 0 Å². The van der Waals surface area contributed by atoms with Gasteiger partial charge in [-0.2, -0.15) is 0 Å². The van der Waals surface area contributed by atoms with E-state index in [2.05, 4.69) is 21.2 Å². The Morgan fingerprint density at radius 2 is 2.29 bits per heavy atom. The van der Waals surface area contributed by atoms with Gasteiger partial charge >= 0.3 is 0 Å². The van der Waals surface area contributed by atoms with Crippen molar-refractivity contribution in [3.63, 3.8) is 0 Å². The molecular formula is C11H16BrClN2OS.